The number of carbonyl (C=O) groups excluding carboxylic acids is 1. The second-order valence-corrected chi connectivity index (χ2v) is 6.90. The summed E-state index contributed by atoms with van der Waals surface area (Å²) in [7, 11) is 1.66. The lowest BCUT2D eigenvalue weighted by atomic mass is 10.0. The molecule has 1 aromatic heterocycles. The highest BCUT2D eigenvalue weighted by atomic mass is 32.1. The highest BCUT2D eigenvalue weighted by Gasteiger charge is 2.25. The van der Waals surface area contributed by atoms with E-state index in [1.807, 2.05) is 18.2 Å². The maximum atomic E-state index is 12.4. The number of nitrogens with one attached hydrogen (secondary N) is 2. The topological polar surface area (TPSA) is 50.4 Å². The molecule has 4 nitrogen and oxygen atoms in total. The molecular formula is C16H20N2O2S. The van der Waals surface area contributed by atoms with Crippen LogP contribution in [0.5, 0.6) is 5.75 Å². The largest absolute Gasteiger partial charge is 0.497 e. The van der Waals surface area contributed by atoms with E-state index in [9.17, 15) is 4.79 Å². The van der Waals surface area contributed by atoms with Gasteiger partial charge in [0, 0.05) is 22.7 Å². The van der Waals surface area contributed by atoms with Gasteiger partial charge in [-0.2, -0.15) is 0 Å². The van der Waals surface area contributed by atoms with Gasteiger partial charge >= 0.3 is 0 Å². The van der Waals surface area contributed by atoms with Crippen molar-refractivity contribution in [2.75, 3.05) is 19.0 Å². The van der Waals surface area contributed by atoms with Crippen molar-refractivity contribution < 1.29 is 9.53 Å². The van der Waals surface area contributed by atoms with Gasteiger partial charge in [0.25, 0.3) is 5.91 Å². The Bertz CT molecular complexity index is 678. The number of rotatable bonds is 3. The predicted molar refractivity (Wildman–Crippen MR) is 87.6 cm³/mol. The number of carbonyl (C=O) groups is 1. The average molecular weight is 304 g/mol. The third-order valence-corrected chi connectivity index (χ3v) is 4.89. The van der Waals surface area contributed by atoms with Crippen LogP contribution < -0.4 is 15.4 Å². The minimum atomic E-state index is 0.0285. The van der Waals surface area contributed by atoms with Crippen molar-refractivity contribution in [1.82, 2.24) is 5.32 Å². The van der Waals surface area contributed by atoms with Crippen LogP contribution in [0.25, 0.3) is 10.1 Å². The number of amides is 1. The SMILES string of the molecule is COc1ccc2sc3c(c2c1)NC[C@@H](CC(C)C)NC3=O. The van der Waals surface area contributed by atoms with Gasteiger partial charge in [-0.05, 0) is 30.5 Å². The number of anilines is 1. The lowest BCUT2D eigenvalue weighted by molar-refractivity contribution is 0.0942. The first kappa shape index (κ1) is 14.2. The molecule has 2 N–H and O–H groups in total. The van der Waals surface area contributed by atoms with Gasteiger partial charge in [-0.15, -0.1) is 11.3 Å². The smallest absolute Gasteiger partial charge is 0.263 e. The van der Waals surface area contributed by atoms with Crippen molar-refractivity contribution in [3.63, 3.8) is 0 Å². The molecule has 3 rings (SSSR count). The summed E-state index contributed by atoms with van der Waals surface area (Å²) in [5.74, 6) is 1.40. The third kappa shape index (κ3) is 2.70. The van der Waals surface area contributed by atoms with Gasteiger partial charge < -0.3 is 15.4 Å². The van der Waals surface area contributed by atoms with Crippen molar-refractivity contribution in [2.24, 2.45) is 5.92 Å². The normalized spacial score (nSPS) is 18.1. The van der Waals surface area contributed by atoms with Crippen LogP contribution in [0.1, 0.15) is 29.9 Å². The number of ether oxygens (including phenoxy) is 1. The van der Waals surface area contributed by atoms with E-state index in [1.54, 1.807) is 7.11 Å². The van der Waals surface area contributed by atoms with E-state index in [4.69, 9.17) is 4.74 Å². The van der Waals surface area contributed by atoms with E-state index in [1.165, 1.54) is 11.3 Å². The molecule has 1 aromatic carbocycles. The van der Waals surface area contributed by atoms with Gasteiger partial charge in [0.15, 0.2) is 0 Å². The van der Waals surface area contributed by atoms with Gasteiger partial charge in [-0.25, -0.2) is 0 Å². The number of benzene rings is 1. The number of fused-ring (bicyclic) bond motifs is 3. The van der Waals surface area contributed by atoms with Crippen LogP contribution in [0.4, 0.5) is 5.69 Å². The molecule has 0 bridgehead atoms. The molecule has 2 aromatic rings. The Morgan fingerprint density at radius 2 is 2.24 bits per heavy atom. The Balaban J connectivity index is 1.98. The highest BCUT2D eigenvalue weighted by Crippen LogP contribution is 2.38. The van der Waals surface area contributed by atoms with Gasteiger partial charge in [0.05, 0.1) is 12.8 Å². The summed E-state index contributed by atoms with van der Waals surface area (Å²) in [5.41, 5.74) is 0.942. The maximum Gasteiger partial charge on any atom is 0.263 e. The van der Waals surface area contributed by atoms with Crippen molar-refractivity contribution in [3.8, 4) is 5.75 Å². The van der Waals surface area contributed by atoms with E-state index in [-0.39, 0.29) is 11.9 Å². The molecule has 2 heterocycles. The molecule has 1 amide bonds. The molecule has 1 atom stereocenters. The molecule has 0 saturated carbocycles. The van der Waals surface area contributed by atoms with Gasteiger partial charge in [-0.3, -0.25) is 4.79 Å². The molecule has 0 fully saturated rings. The van der Waals surface area contributed by atoms with E-state index in [2.05, 4.69) is 24.5 Å². The van der Waals surface area contributed by atoms with Gasteiger partial charge in [0.2, 0.25) is 0 Å². The van der Waals surface area contributed by atoms with Gasteiger partial charge in [0.1, 0.15) is 10.6 Å². The minimum absolute atomic E-state index is 0.0285. The molecule has 112 valence electrons. The zero-order valence-corrected chi connectivity index (χ0v) is 13.3. The fraction of sp³-hybridized carbons (Fsp3) is 0.438. The van der Waals surface area contributed by atoms with Crippen LogP contribution in [0, 0.1) is 5.92 Å². The summed E-state index contributed by atoms with van der Waals surface area (Å²) in [6.45, 7) is 5.11. The van der Waals surface area contributed by atoms with E-state index < -0.39 is 0 Å². The standard InChI is InChI=1S/C16H20N2O2S/c1-9(2)6-10-8-17-14-12-7-11(20-3)4-5-13(12)21-15(14)16(19)18-10/h4-5,7,9-10,17H,6,8H2,1-3H3,(H,18,19)/t10-/m1/s1. The summed E-state index contributed by atoms with van der Waals surface area (Å²) in [6, 6.07) is 6.11. The molecule has 1 aliphatic rings. The van der Waals surface area contributed by atoms with Crippen LogP contribution in [0.15, 0.2) is 18.2 Å². The molecule has 0 radical (unpaired) electrons. The van der Waals surface area contributed by atoms with Crippen LogP contribution in [0.2, 0.25) is 0 Å². The summed E-state index contributed by atoms with van der Waals surface area (Å²) in [4.78, 5) is 13.2. The second kappa shape index (κ2) is 5.56. The molecule has 0 saturated heterocycles. The first-order valence-corrected chi connectivity index (χ1v) is 8.05. The Morgan fingerprint density at radius 1 is 1.43 bits per heavy atom. The Hall–Kier alpha value is -1.75. The van der Waals surface area contributed by atoms with Crippen LogP contribution in [-0.2, 0) is 0 Å². The van der Waals surface area contributed by atoms with Crippen LogP contribution >= 0.6 is 11.3 Å². The van der Waals surface area contributed by atoms with E-state index >= 15 is 0 Å². The Labute approximate surface area is 128 Å². The molecular weight excluding hydrogens is 284 g/mol. The summed E-state index contributed by atoms with van der Waals surface area (Å²) in [6.07, 6.45) is 0.981. The van der Waals surface area contributed by atoms with Gasteiger partial charge in [-0.1, -0.05) is 13.8 Å². The summed E-state index contributed by atoms with van der Waals surface area (Å²) >= 11 is 1.53. The number of hydrogen-bond donors (Lipinski definition) is 2. The summed E-state index contributed by atoms with van der Waals surface area (Å²) < 4.78 is 6.39. The first-order chi connectivity index (χ1) is 10.1. The van der Waals surface area contributed by atoms with Crippen molar-refractivity contribution in [2.45, 2.75) is 26.3 Å². The van der Waals surface area contributed by atoms with Crippen molar-refractivity contribution in [1.29, 1.82) is 0 Å². The van der Waals surface area contributed by atoms with Crippen molar-refractivity contribution in [3.05, 3.63) is 23.1 Å². The van der Waals surface area contributed by atoms with E-state index in [0.717, 1.165) is 39.4 Å². The Kier molecular flexibility index (Phi) is 3.76. The Morgan fingerprint density at radius 3 is 2.95 bits per heavy atom. The second-order valence-electron chi connectivity index (χ2n) is 5.85. The lowest BCUT2D eigenvalue weighted by Gasteiger charge is -2.18. The monoisotopic (exact) mass is 304 g/mol. The van der Waals surface area contributed by atoms with E-state index in [0.29, 0.717) is 5.92 Å². The number of hydrogen-bond acceptors (Lipinski definition) is 4. The molecule has 1 aliphatic heterocycles. The maximum absolute atomic E-state index is 12.4. The first-order valence-electron chi connectivity index (χ1n) is 7.23. The fourth-order valence-electron chi connectivity index (χ4n) is 2.78. The average Bonchev–Trinajstić information content (AvgIpc) is 2.74. The zero-order chi connectivity index (χ0) is 15.0. The lowest BCUT2D eigenvalue weighted by Crippen LogP contribution is -2.37. The predicted octanol–water partition coefficient (Wildman–Crippen LogP) is 3.48. The van der Waals surface area contributed by atoms with Crippen LogP contribution in [-0.4, -0.2) is 25.6 Å². The van der Waals surface area contributed by atoms with Crippen LogP contribution in [0.3, 0.4) is 0 Å². The molecule has 21 heavy (non-hydrogen) atoms. The molecule has 5 heteroatoms. The number of thiophene rings is 1. The third-order valence-electron chi connectivity index (χ3n) is 3.72. The number of methoxy groups -OCH3 is 1. The minimum Gasteiger partial charge on any atom is -0.497 e. The zero-order valence-electron chi connectivity index (χ0n) is 12.5. The quantitative estimate of drug-likeness (QED) is 0.913. The summed E-state index contributed by atoms with van der Waals surface area (Å²) in [5, 5.41) is 7.66. The fourth-order valence-corrected chi connectivity index (χ4v) is 3.84. The highest BCUT2D eigenvalue weighted by molar-refractivity contribution is 7.21. The molecule has 0 spiro atoms. The van der Waals surface area contributed by atoms with Crippen molar-refractivity contribution >= 4 is 33.0 Å². The molecule has 0 aliphatic carbocycles. The molecule has 0 unspecified atom stereocenters.